The molecular weight excluding hydrogens is 176 g/mol. The van der Waals surface area contributed by atoms with Crippen molar-refractivity contribution in [2.75, 3.05) is 0 Å². The van der Waals surface area contributed by atoms with E-state index in [-0.39, 0.29) is 5.69 Å². The molecular formula is C7H6N2O4. The Kier molecular flexibility index (Phi) is 1.56. The van der Waals surface area contributed by atoms with Crippen LogP contribution in [0.25, 0.3) is 0 Å². The quantitative estimate of drug-likeness (QED) is 0.507. The number of benzene rings is 1. The highest BCUT2D eigenvalue weighted by molar-refractivity contribution is 5.49. The molecule has 0 saturated carbocycles. The predicted molar refractivity (Wildman–Crippen MR) is 42.3 cm³/mol. The van der Waals surface area contributed by atoms with Crippen molar-refractivity contribution in [2.24, 2.45) is 5.73 Å². The van der Waals surface area contributed by atoms with E-state index in [1.54, 1.807) is 0 Å². The van der Waals surface area contributed by atoms with Crippen LogP contribution in [-0.2, 0) is 0 Å². The second-order valence-corrected chi connectivity index (χ2v) is 2.49. The third kappa shape index (κ3) is 1.27. The molecule has 0 spiro atoms. The van der Waals surface area contributed by atoms with Gasteiger partial charge in [0, 0.05) is 6.07 Å². The van der Waals surface area contributed by atoms with E-state index in [0.717, 1.165) is 0 Å². The number of hydrogen-bond acceptors (Lipinski definition) is 5. The molecule has 1 aromatic rings. The van der Waals surface area contributed by atoms with E-state index in [1.807, 2.05) is 0 Å². The first-order valence-electron chi connectivity index (χ1n) is 3.54. The molecule has 1 heterocycles. The van der Waals surface area contributed by atoms with Crippen LogP contribution in [0.15, 0.2) is 18.2 Å². The maximum Gasteiger partial charge on any atom is 0.300 e. The largest absolute Gasteiger partial charge is 0.438 e. The molecule has 0 amide bonds. The van der Waals surface area contributed by atoms with Crippen molar-refractivity contribution < 1.29 is 14.4 Å². The normalized spacial score (nSPS) is 18.7. The lowest BCUT2D eigenvalue weighted by Crippen LogP contribution is -2.28. The number of nitrogens with zero attached hydrogens (tertiary/aromatic N) is 1. The minimum Gasteiger partial charge on any atom is -0.438 e. The maximum atomic E-state index is 10.4. The van der Waals surface area contributed by atoms with Gasteiger partial charge in [-0.1, -0.05) is 0 Å². The first-order valence-corrected chi connectivity index (χ1v) is 3.54. The van der Waals surface area contributed by atoms with Gasteiger partial charge in [0.2, 0.25) is 0 Å². The fraction of sp³-hybridized carbons (Fsp3) is 0.143. The van der Waals surface area contributed by atoms with Crippen molar-refractivity contribution in [3.8, 4) is 11.5 Å². The van der Waals surface area contributed by atoms with Crippen LogP contribution in [0, 0.1) is 10.1 Å². The monoisotopic (exact) mass is 182 g/mol. The molecule has 0 fully saturated rings. The molecule has 1 aliphatic rings. The third-order valence-corrected chi connectivity index (χ3v) is 1.62. The van der Waals surface area contributed by atoms with E-state index in [0.29, 0.717) is 11.5 Å². The molecule has 0 aliphatic carbocycles. The van der Waals surface area contributed by atoms with Crippen LogP contribution >= 0.6 is 0 Å². The number of nitrogens with two attached hydrogens (primary N) is 1. The van der Waals surface area contributed by atoms with Gasteiger partial charge < -0.3 is 9.47 Å². The molecule has 2 N–H and O–H groups in total. The summed E-state index contributed by atoms with van der Waals surface area (Å²) in [7, 11) is 0. The Morgan fingerprint density at radius 3 is 2.77 bits per heavy atom. The van der Waals surface area contributed by atoms with E-state index in [9.17, 15) is 10.1 Å². The lowest BCUT2D eigenvalue weighted by atomic mass is 10.3. The van der Waals surface area contributed by atoms with Crippen molar-refractivity contribution in [3.05, 3.63) is 28.3 Å². The molecule has 0 radical (unpaired) electrons. The first-order chi connectivity index (χ1) is 6.16. The summed E-state index contributed by atoms with van der Waals surface area (Å²) in [4.78, 5) is 9.85. The van der Waals surface area contributed by atoms with Crippen LogP contribution in [0.1, 0.15) is 0 Å². The highest BCUT2D eigenvalue weighted by Crippen LogP contribution is 2.36. The summed E-state index contributed by atoms with van der Waals surface area (Å²) >= 11 is 0. The Morgan fingerprint density at radius 2 is 2.08 bits per heavy atom. The van der Waals surface area contributed by atoms with Crippen LogP contribution < -0.4 is 15.2 Å². The topological polar surface area (TPSA) is 87.6 Å². The molecule has 6 heteroatoms. The Morgan fingerprint density at radius 1 is 1.38 bits per heavy atom. The van der Waals surface area contributed by atoms with E-state index in [1.165, 1.54) is 18.2 Å². The van der Waals surface area contributed by atoms with Crippen LogP contribution in [0.2, 0.25) is 0 Å². The molecule has 1 aromatic carbocycles. The van der Waals surface area contributed by atoms with Crippen molar-refractivity contribution >= 4 is 5.69 Å². The number of fused-ring (bicyclic) bond motifs is 1. The smallest absolute Gasteiger partial charge is 0.300 e. The summed E-state index contributed by atoms with van der Waals surface area (Å²) in [6, 6.07) is 4.07. The minimum absolute atomic E-state index is 0.0450. The van der Waals surface area contributed by atoms with Crippen LogP contribution in [0.5, 0.6) is 11.5 Å². The van der Waals surface area contributed by atoms with Crippen LogP contribution in [-0.4, -0.2) is 11.3 Å². The zero-order valence-electron chi connectivity index (χ0n) is 6.47. The summed E-state index contributed by atoms with van der Waals surface area (Å²) in [6.07, 6.45) is -0.864. The van der Waals surface area contributed by atoms with Crippen molar-refractivity contribution in [2.45, 2.75) is 6.41 Å². The van der Waals surface area contributed by atoms with Gasteiger partial charge in [0.05, 0.1) is 11.0 Å². The summed E-state index contributed by atoms with van der Waals surface area (Å²) in [5.41, 5.74) is 5.25. The van der Waals surface area contributed by atoms with Gasteiger partial charge in [-0.05, 0) is 6.07 Å². The van der Waals surface area contributed by atoms with Crippen LogP contribution in [0.3, 0.4) is 0 Å². The van der Waals surface area contributed by atoms with E-state index >= 15 is 0 Å². The summed E-state index contributed by atoms with van der Waals surface area (Å²) in [6.45, 7) is 0. The highest BCUT2D eigenvalue weighted by Gasteiger charge is 2.22. The van der Waals surface area contributed by atoms with Gasteiger partial charge in [-0.2, -0.15) is 0 Å². The van der Waals surface area contributed by atoms with Crippen molar-refractivity contribution in [1.82, 2.24) is 0 Å². The van der Waals surface area contributed by atoms with Gasteiger partial charge in [-0.3, -0.25) is 15.8 Å². The molecule has 1 atom stereocenters. The standard InChI is InChI=1S/C7H6N2O4/c8-7-12-5-2-1-4(9(10)11)3-6(5)13-7/h1-3,7H,8H2. The zero-order chi connectivity index (χ0) is 9.42. The molecule has 0 aromatic heterocycles. The lowest BCUT2D eigenvalue weighted by molar-refractivity contribution is -0.384. The number of nitro groups is 1. The number of ether oxygens (including phenoxy) is 2. The average molecular weight is 182 g/mol. The number of rotatable bonds is 1. The second-order valence-electron chi connectivity index (χ2n) is 2.49. The molecule has 6 nitrogen and oxygen atoms in total. The Bertz CT molecular complexity index is 366. The molecule has 68 valence electrons. The fourth-order valence-corrected chi connectivity index (χ4v) is 1.07. The van der Waals surface area contributed by atoms with E-state index in [4.69, 9.17) is 15.2 Å². The Balaban J connectivity index is 2.40. The highest BCUT2D eigenvalue weighted by atomic mass is 16.7. The van der Waals surface area contributed by atoms with Gasteiger partial charge in [0.25, 0.3) is 12.1 Å². The Labute approximate surface area is 73.0 Å². The van der Waals surface area contributed by atoms with Crippen LogP contribution in [0.4, 0.5) is 5.69 Å². The van der Waals surface area contributed by atoms with E-state index in [2.05, 4.69) is 0 Å². The molecule has 1 unspecified atom stereocenters. The first kappa shape index (κ1) is 7.81. The number of nitro benzene ring substituents is 1. The molecule has 1 aliphatic heterocycles. The molecule has 13 heavy (non-hydrogen) atoms. The fourth-order valence-electron chi connectivity index (χ4n) is 1.07. The van der Waals surface area contributed by atoms with Gasteiger partial charge in [-0.15, -0.1) is 0 Å². The third-order valence-electron chi connectivity index (χ3n) is 1.62. The van der Waals surface area contributed by atoms with Gasteiger partial charge >= 0.3 is 0 Å². The van der Waals surface area contributed by atoms with Crippen molar-refractivity contribution in [3.63, 3.8) is 0 Å². The summed E-state index contributed by atoms with van der Waals surface area (Å²) < 4.78 is 9.92. The molecule has 2 rings (SSSR count). The average Bonchev–Trinajstić information content (AvgIpc) is 2.42. The van der Waals surface area contributed by atoms with Gasteiger partial charge in [0.15, 0.2) is 11.5 Å². The SMILES string of the molecule is NC1Oc2ccc([N+](=O)[O-])cc2O1. The summed E-state index contributed by atoms with van der Waals surface area (Å²) in [5.74, 6) is 0.736. The van der Waals surface area contributed by atoms with Gasteiger partial charge in [0.1, 0.15) is 0 Å². The lowest BCUT2D eigenvalue weighted by Gasteiger charge is -1.99. The second kappa shape index (κ2) is 2.60. The predicted octanol–water partition coefficient (Wildman–Crippen LogP) is 0.608. The van der Waals surface area contributed by atoms with Gasteiger partial charge in [-0.25, -0.2) is 0 Å². The number of hydrogen-bond donors (Lipinski definition) is 1. The summed E-state index contributed by atoms with van der Waals surface area (Å²) in [5, 5.41) is 10.4. The van der Waals surface area contributed by atoms with Crippen molar-refractivity contribution in [1.29, 1.82) is 0 Å². The number of non-ortho nitro benzene ring substituents is 1. The Hall–Kier alpha value is -1.82. The molecule has 0 saturated heterocycles. The zero-order valence-corrected chi connectivity index (χ0v) is 6.47. The molecule has 0 bridgehead atoms. The van der Waals surface area contributed by atoms with E-state index < -0.39 is 11.3 Å². The minimum atomic E-state index is -0.864. The maximum absolute atomic E-state index is 10.4.